The first-order valence-electron chi connectivity index (χ1n) is 13.3. The Hall–Kier alpha value is -2.98. The first kappa shape index (κ1) is 28.0. The summed E-state index contributed by atoms with van der Waals surface area (Å²) in [6, 6.07) is 9.76. The quantitative estimate of drug-likeness (QED) is 0.401. The lowest BCUT2D eigenvalue weighted by Gasteiger charge is -2.28. The number of carbonyl (C=O) groups excluding carboxylic acids is 2. The van der Waals surface area contributed by atoms with Gasteiger partial charge < -0.3 is 16.0 Å². The molecule has 1 heterocycles. The number of carbonyl (C=O) groups is 2. The van der Waals surface area contributed by atoms with Gasteiger partial charge in [-0.05, 0) is 59.7 Å². The predicted octanol–water partition coefficient (Wildman–Crippen LogP) is 3.21. The minimum absolute atomic E-state index is 0.0532. The molecule has 0 saturated heterocycles. The van der Waals surface area contributed by atoms with E-state index in [0.717, 1.165) is 56.2 Å². The summed E-state index contributed by atoms with van der Waals surface area (Å²) in [6.07, 6.45) is 7.94. The third-order valence-corrected chi connectivity index (χ3v) is 8.29. The summed E-state index contributed by atoms with van der Waals surface area (Å²) in [4.78, 5) is 28.1. The monoisotopic (exact) mass is 544 g/mol. The van der Waals surface area contributed by atoms with Gasteiger partial charge >= 0.3 is 0 Å². The van der Waals surface area contributed by atoms with Crippen LogP contribution in [-0.2, 0) is 27.8 Å². The molecule has 2 amide bonds. The number of amides is 2. The predicted molar refractivity (Wildman–Crippen MR) is 146 cm³/mol. The van der Waals surface area contributed by atoms with E-state index < -0.39 is 21.8 Å². The lowest BCUT2D eigenvalue weighted by molar-refractivity contribution is -0.123. The fourth-order valence-corrected chi connectivity index (χ4v) is 6.12. The first-order valence-corrected chi connectivity index (χ1v) is 15.2. The van der Waals surface area contributed by atoms with Gasteiger partial charge in [-0.2, -0.15) is 0 Å². The number of nitrogens with one attached hydrogen (secondary N) is 2. The van der Waals surface area contributed by atoms with Crippen molar-refractivity contribution in [2.75, 3.05) is 30.8 Å². The van der Waals surface area contributed by atoms with Gasteiger partial charge in [-0.15, -0.1) is 0 Å². The van der Waals surface area contributed by atoms with Crippen molar-refractivity contribution in [2.24, 2.45) is 11.7 Å². The maximum Gasteiger partial charge on any atom is 0.249 e. The molecule has 8 nitrogen and oxygen atoms in total. The van der Waals surface area contributed by atoms with Gasteiger partial charge in [0.05, 0.1) is 12.2 Å². The first-order chi connectivity index (χ1) is 18.1. The summed E-state index contributed by atoms with van der Waals surface area (Å²) in [5.41, 5.74) is 9.12. The van der Waals surface area contributed by atoms with Crippen molar-refractivity contribution in [2.45, 2.75) is 57.4 Å². The molecular weight excluding hydrogens is 507 g/mol. The van der Waals surface area contributed by atoms with E-state index in [-0.39, 0.29) is 23.8 Å². The molecule has 4 N–H and O–H groups in total. The van der Waals surface area contributed by atoms with Crippen molar-refractivity contribution in [3.8, 4) is 0 Å². The Balaban J connectivity index is 1.53. The van der Waals surface area contributed by atoms with E-state index in [1.165, 1.54) is 12.5 Å². The molecule has 2 aromatic rings. The van der Waals surface area contributed by atoms with Gasteiger partial charge in [0.1, 0.15) is 5.82 Å². The molecule has 38 heavy (non-hydrogen) atoms. The van der Waals surface area contributed by atoms with Crippen LogP contribution in [0.5, 0.6) is 0 Å². The summed E-state index contributed by atoms with van der Waals surface area (Å²) < 4.78 is 39.3. The van der Waals surface area contributed by atoms with Crippen molar-refractivity contribution >= 4 is 27.5 Å². The Morgan fingerprint density at radius 2 is 1.89 bits per heavy atom. The largest absolute Gasteiger partial charge is 0.369 e. The van der Waals surface area contributed by atoms with Crippen LogP contribution in [-0.4, -0.2) is 46.1 Å². The number of hydrogen-bond donors (Lipinski definition) is 3. The molecule has 206 valence electrons. The molecule has 0 spiro atoms. The molecule has 0 unspecified atom stereocenters. The second-order valence-electron chi connectivity index (χ2n) is 10.5. The second kappa shape index (κ2) is 12.3. The number of halogens is 1. The van der Waals surface area contributed by atoms with Gasteiger partial charge in [0, 0.05) is 37.4 Å². The zero-order chi connectivity index (χ0) is 27.3. The highest BCUT2D eigenvalue weighted by atomic mass is 32.2. The summed E-state index contributed by atoms with van der Waals surface area (Å²) in [5, 5.41) is 3.06. The molecular formula is C28H37FN4O4S. The normalized spacial score (nSPS) is 16.7. The number of anilines is 1. The van der Waals surface area contributed by atoms with Gasteiger partial charge in [0.2, 0.25) is 21.8 Å². The van der Waals surface area contributed by atoms with Crippen LogP contribution in [0.2, 0.25) is 0 Å². The molecule has 1 atom stereocenters. The Morgan fingerprint density at radius 3 is 2.61 bits per heavy atom. The van der Waals surface area contributed by atoms with Crippen LogP contribution in [0.4, 0.5) is 10.1 Å². The van der Waals surface area contributed by atoms with E-state index in [1.807, 2.05) is 0 Å². The van der Waals surface area contributed by atoms with Gasteiger partial charge in [-0.25, -0.2) is 17.5 Å². The number of nitrogens with two attached hydrogens (primary N) is 1. The minimum Gasteiger partial charge on any atom is -0.369 e. The number of benzene rings is 2. The van der Waals surface area contributed by atoms with Crippen LogP contribution in [0, 0.1) is 11.7 Å². The van der Waals surface area contributed by atoms with Crippen LogP contribution in [0.15, 0.2) is 36.4 Å². The maximum absolute atomic E-state index is 13.6. The van der Waals surface area contributed by atoms with Gasteiger partial charge in [0.15, 0.2) is 0 Å². The standard InChI is InChI=1S/C28H37FN4O4S/c1-38(36,37)32-18-20-7-9-23(27(30)34)24(16-20)25(15-19-5-3-2-4-6-19)28(35)31-12-14-33-13-11-21-17-22(29)8-10-26(21)33/h7-10,16-17,19,25,32H,2-6,11-15,18H2,1H3,(H2,30,34)(H,31,35)/t25-/m0/s1. The molecule has 0 radical (unpaired) electrons. The Labute approximate surface area is 224 Å². The third-order valence-electron chi connectivity index (χ3n) is 7.62. The molecule has 0 aromatic heterocycles. The number of hydrogen-bond acceptors (Lipinski definition) is 5. The molecule has 0 bridgehead atoms. The number of primary amides is 1. The zero-order valence-corrected chi connectivity index (χ0v) is 22.7. The minimum atomic E-state index is -3.41. The highest BCUT2D eigenvalue weighted by molar-refractivity contribution is 7.88. The van der Waals surface area contributed by atoms with E-state index in [2.05, 4.69) is 14.9 Å². The zero-order valence-electron chi connectivity index (χ0n) is 21.8. The van der Waals surface area contributed by atoms with E-state index in [9.17, 15) is 22.4 Å². The van der Waals surface area contributed by atoms with E-state index in [4.69, 9.17) is 5.73 Å². The van der Waals surface area contributed by atoms with Crippen LogP contribution < -0.4 is 20.7 Å². The number of fused-ring (bicyclic) bond motifs is 1. The van der Waals surface area contributed by atoms with Crippen molar-refractivity contribution in [1.29, 1.82) is 0 Å². The lowest BCUT2D eigenvalue weighted by Crippen LogP contribution is -2.38. The van der Waals surface area contributed by atoms with Gasteiger partial charge in [0.25, 0.3) is 0 Å². The van der Waals surface area contributed by atoms with Crippen LogP contribution in [0.25, 0.3) is 0 Å². The Bertz CT molecular complexity index is 1280. The number of sulfonamides is 1. The molecule has 1 aliphatic carbocycles. The third kappa shape index (κ3) is 7.32. The van der Waals surface area contributed by atoms with Crippen LogP contribution in [0.1, 0.15) is 71.5 Å². The molecule has 1 fully saturated rings. The van der Waals surface area contributed by atoms with Crippen LogP contribution in [0.3, 0.4) is 0 Å². The van der Waals surface area contributed by atoms with E-state index >= 15 is 0 Å². The summed E-state index contributed by atoms with van der Waals surface area (Å²) in [7, 11) is -3.41. The average molecular weight is 545 g/mol. The van der Waals surface area contributed by atoms with Crippen LogP contribution >= 0.6 is 0 Å². The highest BCUT2D eigenvalue weighted by Crippen LogP contribution is 2.35. The maximum atomic E-state index is 13.6. The second-order valence-corrected chi connectivity index (χ2v) is 12.3. The average Bonchev–Trinajstić information content (AvgIpc) is 3.27. The molecule has 10 heteroatoms. The molecule has 2 aliphatic rings. The fraction of sp³-hybridized carbons (Fsp3) is 0.500. The van der Waals surface area contributed by atoms with Crippen molar-refractivity contribution in [3.05, 3.63) is 64.5 Å². The van der Waals surface area contributed by atoms with Crippen molar-refractivity contribution in [1.82, 2.24) is 10.0 Å². The van der Waals surface area contributed by atoms with Crippen molar-refractivity contribution in [3.63, 3.8) is 0 Å². The number of rotatable bonds is 11. The van der Waals surface area contributed by atoms with Gasteiger partial charge in [-0.1, -0.05) is 44.2 Å². The summed E-state index contributed by atoms with van der Waals surface area (Å²) >= 11 is 0. The lowest BCUT2D eigenvalue weighted by atomic mass is 9.79. The molecule has 4 rings (SSSR count). The van der Waals surface area contributed by atoms with Gasteiger partial charge in [-0.3, -0.25) is 9.59 Å². The molecule has 2 aromatic carbocycles. The number of nitrogens with zero attached hydrogens (tertiary/aromatic N) is 1. The SMILES string of the molecule is CS(=O)(=O)NCc1ccc(C(N)=O)c([C@H](CC2CCCCC2)C(=O)NCCN2CCc3cc(F)ccc32)c1. The smallest absolute Gasteiger partial charge is 0.249 e. The summed E-state index contributed by atoms with van der Waals surface area (Å²) in [5.74, 6) is -1.27. The highest BCUT2D eigenvalue weighted by Gasteiger charge is 2.29. The molecule has 1 saturated carbocycles. The summed E-state index contributed by atoms with van der Waals surface area (Å²) in [6.45, 7) is 1.80. The Morgan fingerprint density at radius 1 is 1.13 bits per heavy atom. The van der Waals surface area contributed by atoms with Crippen molar-refractivity contribution < 1.29 is 22.4 Å². The topological polar surface area (TPSA) is 122 Å². The van der Waals surface area contributed by atoms with E-state index in [1.54, 1.807) is 30.3 Å². The van der Waals surface area contributed by atoms with E-state index in [0.29, 0.717) is 36.6 Å². The Kier molecular flexibility index (Phi) is 9.04. The fourth-order valence-electron chi connectivity index (χ4n) is 5.69. The molecule has 1 aliphatic heterocycles.